The molecule has 268 valence electrons. The third-order valence-electron chi connectivity index (χ3n) is 10.7. The molecule has 0 bridgehead atoms. The van der Waals surface area contributed by atoms with E-state index < -0.39 is 0 Å². The van der Waals surface area contributed by atoms with Crippen molar-refractivity contribution in [3.05, 3.63) is 200 Å². The van der Waals surface area contributed by atoms with Crippen LogP contribution in [0.5, 0.6) is 0 Å². The van der Waals surface area contributed by atoms with Gasteiger partial charge in [0.05, 0.1) is 11.0 Å². The molecule has 8 aromatic carbocycles. The number of aromatic nitrogens is 4. The van der Waals surface area contributed by atoms with Crippen molar-refractivity contribution in [2.75, 3.05) is 4.90 Å². The average Bonchev–Trinajstić information content (AvgIpc) is 3.82. The minimum absolute atomic E-state index is 0.559. The van der Waals surface area contributed by atoms with E-state index in [1.807, 2.05) is 48.5 Å². The number of benzene rings is 8. The summed E-state index contributed by atoms with van der Waals surface area (Å²) in [7, 11) is 0. The molecule has 0 atom stereocenters. The second-order valence-corrected chi connectivity index (χ2v) is 14.1. The van der Waals surface area contributed by atoms with Gasteiger partial charge in [-0.25, -0.2) is 4.98 Å². The van der Waals surface area contributed by atoms with E-state index in [0.717, 1.165) is 71.9 Å². The second kappa shape index (κ2) is 13.5. The zero-order valence-electron chi connectivity index (χ0n) is 30.7. The Labute approximate surface area is 328 Å². The molecule has 6 nitrogen and oxygen atoms in total. The molecule has 0 N–H and O–H groups in total. The van der Waals surface area contributed by atoms with E-state index in [1.165, 1.54) is 11.1 Å². The van der Waals surface area contributed by atoms with Crippen molar-refractivity contribution in [1.82, 2.24) is 19.5 Å². The standard InChI is InChI=1S/C51H33N5O/c1-4-14-34(15-5-1)35-24-27-39(28-25-35)55(38-18-8-3-9-19-38)40-29-31-44-43-30-26-37(32-47(43)57-48(44)33-40)50-52-49(36-16-6-2-7-17-36)53-51(54-50)56-45-22-12-10-20-41(45)42-21-11-13-23-46(42)56/h1-33H. The van der Waals surface area contributed by atoms with Gasteiger partial charge in [-0.15, -0.1) is 0 Å². The molecule has 0 saturated heterocycles. The predicted octanol–water partition coefficient (Wildman–Crippen LogP) is 13.3. The fourth-order valence-corrected chi connectivity index (χ4v) is 7.95. The molecule has 0 amide bonds. The molecule has 0 saturated carbocycles. The zero-order valence-corrected chi connectivity index (χ0v) is 30.7. The van der Waals surface area contributed by atoms with Gasteiger partial charge in [-0.3, -0.25) is 4.57 Å². The highest BCUT2D eigenvalue weighted by atomic mass is 16.3. The summed E-state index contributed by atoms with van der Waals surface area (Å²) in [6, 6.07) is 69.2. The van der Waals surface area contributed by atoms with Crippen molar-refractivity contribution < 1.29 is 4.42 Å². The van der Waals surface area contributed by atoms with Crippen LogP contribution < -0.4 is 4.90 Å². The van der Waals surface area contributed by atoms with Crippen molar-refractivity contribution in [2.45, 2.75) is 0 Å². The monoisotopic (exact) mass is 731 g/mol. The topological polar surface area (TPSA) is 60.0 Å². The van der Waals surface area contributed by atoms with Crippen LogP contribution in [-0.4, -0.2) is 19.5 Å². The van der Waals surface area contributed by atoms with Gasteiger partial charge in [-0.05, 0) is 71.8 Å². The molecule has 3 heterocycles. The first-order valence-electron chi connectivity index (χ1n) is 19.0. The van der Waals surface area contributed by atoms with E-state index in [-0.39, 0.29) is 0 Å². The van der Waals surface area contributed by atoms with E-state index in [0.29, 0.717) is 17.6 Å². The van der Waals surface area contributed by atoms with Gasteiger partial charge in [-0.2, -0.15) is 9.97 Å². The van der Waals surface area contributed by atoms with Gasteiger partial charge in [0.15, 0.2) is 11.6 Å². The van der Waals surface area contributed by atoms with E-state index in [4.69, 9.17) is 19.4 Å². The largest absolute Gasteiger partial charge is 0.456 e. The first kappa shape index (κ1) is 32.6. The van der Waals surface area contributed by atoms with Crippen LogP contribution in [-0.2, 0) is 0 Å². The molecule has 11 rings (SSSR count). The predicted molar refractivity (Wildman–Crippen MR) is 232 cm³/mol. The quantitative estimate of drug-likeness (QED) is 0.163. The molecular weight excluding hydrogens is 699 g/mol. The summed E-state index contributed by atoms with van der Waals surface area (Å²) in [5.41, 5.74) is 10.9. The second-order valence-electron chi connectivity index (χ2n) is 14.1. The summed E-state index contributed by atoms with van der Waals surface area (Å²) < 4.78 is 8.82. The summed E-state index contributed by atoms with van der Waals surface area (Å²) in [6.45, 7) is 0. The maximum Gasteiger partial charge on any atom is 0.238 e. The molecule has 6 heteroatoms. The number of nitrogens with zero attached hydrogens (tertiary/aromatic N) is 5. The lowest BCUT2D eigenvalue weighted by atomic mass is 10.0. The van der Waals surface area contributed by atoms with E-state index in [2.05, 4.69) is 161 Å². The number of furan rings is 1. The van der Waals surface area contributed by atoms with Crippen molar-refractivity contribution in [2.24, 2.45) is 0 Å². The fourth-order valence-electron chi connectivity index (χ4n) is 7.95. The van der Waals surface area contributed by atoms with Crippen LogP contribution in [0.25, 0.3) is 83.6 Å². The Bertz CT molecular complexity index is 3170. The molecular formula is C51H33N5O. The molecule has 0 aliphatic carbocycles. The van der Waals surface area contributed by atoms with Crippen LogP contribution in [0.2, 0.25) is 0 Å². The van der Waals surface area contributed by atoms with E-state index >= 15 is 0 Å². The Balaban J connectivity index is 1.03. The van der Waals surface area contributed by atoms with Gasteiger partial charge in [0.25, 0.3) is 0 Å². The SMILES string of the molecule is c1ccc(-c2ccc(N(c3ccccc3)c3ccc4c(c3)oc3cc(-c5nc(-c6ccccc6)nc(-n6c7ccccc7c7ccccc76)n5)ccc34)cc2)cc1. The Morgan fingerprint density at radius 2 is 0.825 bits per heavy atom. The minimum atomic E-state index is 0.559. The van der Waals surface area contributed by atoms with Crippen molar-refractivity contribution in [3.8, 4) is 39.9 Å². The number of hydrogen-bond donors (Lipinski definition) is 0. The van der Waals surface area contributed by atoms with Crippen LogP contribution in [0.1, 0.15) is 0 Å². The number of para-hydroxylation sites is 3. The minimum Gasteiger partial charge on any atom is -0.456 e. The fraction of sp³-hybridized carbons (Fsp3) is 0. The zero-order chi connectivity index (χ0) is 37.7. The summed E-state index contributed by atoms with van der Waals surface area (Å²) >= 11 is 0. The molecule has 0 unspecified atom stereocenters. The summed E-state index contributed by atoms with van der Waals surface area (Å²) in [5, 5.41) is 4.36. The van der Waals surface area contributed by atoms with E-state index in [1.54, 1.807) is 0 Å². The van der Waals surface area contributed by atoms with Crippen molar-refractivity contribution in [3.63, 3.8) is 0 Å². The molecule has 0 aliphatic rings. The van der Waals surface area contributed by atoms with Crippen LogP contribution >= 0.6 is 0 Å². The lowest BCUT2D eigenvalue weighted by molar-refractivity contribution is 0.669. The Hall–Kier alpha value is -7.83. The van der Waals surface area contributed by atoms with Crippen molar-refractivity contribution >= 4 is 60.8 Å². The van der Waals surface area contributed by atoms with Gasteiger partial charge in [0, 0.05) is 55.8 Å². The van der Waals surface area contributed by atoms with Crippen LogP contribution in [0.3, 0.4) is 0 Å². The van der Waals surface area contributed by atoms with Crippen LogP contribution in [0.4, 0.5) is 17.1 Å². The van der Waals surface area contributed by atoms with Gasteiger partial charge >= 0.3 is 0 Å². The molecule has 0 radical (unpaired) electrons. The Morgan fingerprint density at radius 1 is 0.351 bits per heavy atom. The molecule has 57 heavy (non-hydrogen) atoms. The first-order valence-corrected chi connectivity index (χ1v) is 19.0. The van der Waals surface area contributed by atoms with Crippen LogP contribution in [0, 0.1) is 0 Å². The molecule has 11 aromatic rings. The van der Waals surface area contributed by atoms with Crippen LogP contribution in [0.15, 0.2) is 205 Å². The van der Waals surface area contributed by atoms with Crippen molar-refractivity contribution in [1.29, 1.82) is 0 Å². The number of fused-ring (bicyclic) bond motifs is 6. The molecule has 0 aliphatic heterocycles. The number of hydrogen-bond acceptors (Lipinski definition) is 5. The maximum absolute atomic E-state index is 6.68. The van der Waals surface area contributed by atoms with Gasteiger partial charge in [-0.1, -0.05) is 133 Å². The molecule has 3 aromatic heterocycles. The molecule has 0 spiro atoms. The third kappa shape index (κ3) is 5.70. The maximum atomic E-state index is 6.68. The number of anilines is 3. The molecule has 0 fully saturated rings. The highest BCUT2D eigenvalue weighted by Crippen LogP contribution is 2.40. The smallest absolute Gasteiger partial charge is 0.238 e. The summed E-state index contributed by atoms with van der Waals surface area (Å²) in [6.07, 6.45) is 0. The highest BCUT2D eigenvalue weighted by molar-refractivity contribution is 6.09. The summed E-state index contributed by atoms with van der Waals surface area (Å²) in [4.78, 5) is 17.5. The summed E-state index contributed by atoms with van der Waals surface area (Å²) in [5.74, 6) is 1.73. The number of rotatable bonds is 7. The lowest BCUT2D eigenvalue weighted by Gasteiger charge is -2.25. The normalized spacial score (nSPS) is 11.5. The van der Waals surface area contributed by atoms with Gasteiger partial charge in [0.2, 0.25) is 5.95 Å². The Kier molecular flexibility index (Phi) is 7.71. The van der Waals surface area contributed by atoms with E-state index in [9.17, 15) is 0 Å². The lowest BCUT2D eigenvalue weighted by Crippen LogP contribution is -2.09. The highest BCUT2D eigenvalue weighted by Gasteiger charge is 2.20. The Morgan fingerprint density at radius 3 is 1.49 bits per heavy atom. The van der Waals surface area contributed by atoms with Gasteiger partial charge in [0.1, 0.15) is 11.2 Å². The first-order chi connectivity index (χ1) is 28.2. The third-order valence-corrected chi connectivity index (χ3v) is 10.7. The van der Waals surface area contributed by atoms with Gasteiger partial charge < -0.3 is 9.32 Å². The average molecular weight is 732 g/mol.